The van der Waals surface area contributed by atoms with Gasteiger partial charge in [-0.2, -0.15) is 0 Å². The fraction of sp³-hybridized carbons (Fsp3) is 0.762. The van der Waals surface area contributed by atoms with Crippen molar-refractivity contribution in [1.82, 2.24) is 0 Å². The van der Waals surface area contributed by atoms with E-state index >= 15 is 0 Å². The molecule has 0 aromatic carbocycles. The van der Waals surface area contributed by atoms with Crippen LogP contribution in [-0.4, -0.2) is 60.4 Å². The van der Waals surface area contributed by atoms with Gasteiger partial charge in [0.2, 0.25) is 0 Å². The van der Waals surface area contributed by atoms with Gasteiger partial charge in [-0.25, -0.2) is 0 Å². The Morgan fingerprint density at radius 3 is 2.78 bits per heavy atom. The van der Waals surface area contributed by atoms with Crippen molar-refractivity contribution in [2.24, 2.45) is 11.8 Å². The topological polar surface area (TPSA) is 88.5 Å². The van der Waals surface area contributed by atoms with E-state index in [1.165, 1.54) is 5.57 Å². The van der Waals surface area contributed by atoms with Crippen LogP contribution < -0.4 is 0 Å². The first-order valence-corrected chi connectivity index (χ1v) is 9.90. The Balaban J connectivity index is 1.87. The van der Waals surface area contributed by atoms with Crippen LogP contribution in [0.15, 0.2) is 23.3 Å². The van der Waals surface area contributed by atoms with E-state index in [1.54, 1.807) is 7.11 Å². The fourth-order valence-corrected chi connectivity index (χ4v) is 4.45. The van der Waals surface area contributed by atoms with Crippen LogP contribution in [0.25, 0.3) is 0 Å². The number of carbonyl (C=O) groups is 1. The van der Waals surface area contributed by atoms with Gasteiger partial charge in [0.25, 0.3) is 0 Å². The summed E-state index contributed by atoms with van der Waals surface area (Å²) in [6.07, 6.45) is 6.61. The Bertz CT molecular complexity index is 612. The van der Waals surface area contributed by atoms with Crippen molar-refractivity contribution in [2.45, 2.75) is 69.9 Å². The molecular formula is C21H32O6. The van der Waals surface area contributed by atoms with Gasteiger partial charge in [-0.15, -0.1) is 0 Å². The molecule has 0 bridgehead atoms. The van der Waals surface area contributed by atoms with Gasteiger partial charge < -0.3 is 24.4 Å². The van der Waals surface area contributed by atoms with Gasteiger partial charge in [-0.05, 0) is 51.5 Å². The van der Waals surface area contributed by atoms with Crippen LogP contribution in [0.1, 0.15) is 46.0 Å². The summed E-state index contributed by atoms with van der Waals surface area (Å²) in [6, 6.07) is 0. The maximum absolute atomic E-state index is 12.4. The van der Waals surface area contributed by atoms with Crippen molar-refractivity contribution in [2.75, 3.05) is 20.3 Å². The molecule has 3 aliphatic rings. The van der Waals surface area contributed by atoms with Crippen LogP contribution >= 0.6 is 0 Å². The first-order chi connectivity index (χ1) is 12.9. The molecule has 0 radical (unpaired) electrons. The van der Waals surface area contributed by atoms with Crippen molar-refractivity contribution >= 4 is 5.97 Å². The molecule has 2 saturated heterocycles. The third-order valence-electron chi connectivity index (χ3n) is 6.34. The van der Waals surface area contributed by atoms with E-state index in [9.17, 15) is 15.0 Å². The highest BCUT2D eigenvalue weighted by Gasteiger charge is 2.59. The number of aliphatic hydroxyl groups excluding tert-OH is 2. The second kappa shape index (κ2) is 8.43. The summed E-state index contributed by atoms with van der Waals surface area (Å²) in [5, 5.41) is 20.7. The summed E-state index contributed by atoms with van der Waals surface area (Å²) in [4.78, 5) is 12.4. The van der Waals surface area contributed by atoms with Crippen LogP contribution in [-0.2, 0) is 19.0 Å². The van der Waals surface area contributed by atoms with Gasteiger partial charge in [0.15, 0.2) is 0 Å². The lowest BCUT2D eigenvalue weighted by Gasteiger charge is -2.25. The zero-order chi connectivity index (χ0) is 19.6. The van der Waals surface area contributed by atoms with E-state index in [4.69, 9.17) is 14.2 Å². The SMILES string of the molecule is COC[C@@H]1C(=O)O[C@H]2[C@H]1C[C@@H]1O[C@@]1(CO)CC/C=C(\C)CC/C=C(\C)[C@@H]2O. The molecule has 0 amide bonds. The molecule has 6 nitrogen and oxygen atoms in total. The molecular weight excluding hydrogens is 348 g/mol. The Hall–Kier alpha value is -1.21. The Morgan fingerprint density at radius 2 is 2.07 bits per heavy atom. The highest BCUT2D eigenvalue weighted by atomic mass is 16.6. The maximum atomic E-state index is 12.4. The minimum Gasteiger partial charge on any atom is -0.459 e. The summed E-state index contributed by atoms with van der Waals surface area (Å²) in [5.74, 6) is -0.941. The number of fused-ring (bicyclic) bond motifs is 2. The van der Waals surface area contributed by atoms with Crippen LogP contribution in [0.5, 0.6) is 0 Å². The smallest absolute Gasteiger partial charge is 0.312 e. The van der Waals surface area contributed by atoms with Crippen LogP contribution in [0.4, 0.5) is 0 Å². The number of esters is 1. The number of rotatable bonds is 3. The predicted molar refractivity (Wildman–Crippen MR) is 100 cm³/mol. The fourth-order valence-electron chi connectivity index (χ4n) is 4.45. The first kappa shape index (κ1) is 20.5. The largest absolute Gasteiger partial charge is 0.459 e. The highest BCUT2D eigenvalue weighted by Crippen LogP contribution is 2.48. The van der Waals surface area contributed by atoms with E-state index in [0.29, 0.717) is 6.42 Å². The number of allylic oxidation sites excluding steroid dienone is 3. The number of methoxy groups -OCH3 is 1. The zero-order valence-corrected chi connectivity index (χ0v) is 16.5. The van der Waals surface area contributed by atoms with Crippen molar-refractivity contribution in [3.8, 4) is 0 Å². The second-order valence-corrected chi connectivity index (χ2v) is 8.21. The molecule has 1 aliphatic carbocycles. The molecule has 2 N–H and O–H groups in total. The third-order valence-corrected chi connectivity index (χ3v) is 6.34. The molecule has 2 heterocycles. The average molecular weight is 380 g/mol. The van der Waals surface area contributed by atoms with E-state index < -0.39 is 23.7 Å². The normalized spacial score (nSPS) is 44.0. The lowest BCUT2D eigenvalue weighted by molar-refractivity contribution is -0.148. The molecule has 2 fully saturated rings. The van der Waals surface area contributed by atoms with Crippen molar-refractivity contribution < 1.29 is 29.2 Å². The molecule has 27 heavy (non-hydrogen) atoms. The quantitative estimate of drug-likeness (QED) is 0.443. The molecule has 0 aromatic rings. The van der Waals surface area contributed by atoms with Crippen LogP contribution in [0.2, 0.25) is 0 Å². The van der Waals surface area contributed by atoms with E-state index in [-0.39, 0.29) is 31.2 Å². The third kappa shape index (κ3) is 4.29. The summed E-state index contributed by atoms with van der Waals surface area (Å²) in [5.41, 5.74) is 1.58. The van der Waals surface area contributed by atoms with E-state index in [2.05, 4.69) is 13.0 Å². The highest BCUT2D eigenvalue weighted by molar-refractivity contribution is 5.75. The Kier molecular flexibility index (Phi) is 6.41. The summed E-state index contributed by atoms with van der Waals surface area (Å²) in [7, 11) is 1.56. The predicted octanol–water partition coefficient (Wildman–Crippen LogP) is 2.14. The molecule has 0 unspecified atom stereocenters. The number of carbonyl (C=O) groups excluding carboxylic acids is 1. The second-order valence-electron chi connectivity index (χ2n) is 8.21. The Morgan fingerprint density at radius 1 is 1.30 bits per heavy atom. The molecule has 0 spiro atoms. The molecule has 3 rings (SSSR count). The minimum atomic E-state index is -0.838. The molecule has 6 heteroatoms. The first-order valence-electron chi connectivity index (χ1n) is 9.90. The zero-order valence-electron chi connectivity index (χ0n) is 16.5. The maximum Gasteiger partial charge on any atom is 0.312 e. The number of hydrogen-bond donors (Lipinski definition) is 2. The van der Waals surface area contributed by atoms with Crippen LogP contribution in [0, 0.1) is 11.8 Å². The van der Waals surface area contributed by atoms with Gasteiger partial charge in [0, 0.05) is 13.0 Å². The number of aliphatic hydroxyl groups is 2. The molecule has 0 saturated carbocycles. The summed E-state index contributed by atoms with van der Waals surface area (Å²) < 4.78 is 16.7. The van der Waals surface area contributed by atoms with Crippen LogP contribution in [0.3, 0.4) is 0 Å². The number of ether oxygens (including phenoxy) is 3. The number of epoxide rings is 1. The lowest BCUT2D eigenvalue weighted by Crippen LogP contribution is -2.36. The van der Waals surface area contributed by atoms with Crippen molar-refractivity contribution in [3.63, 3.8) is 0 Å². The van der Waals surface area contributed by atoms with Crippen molar-refractivity contribution in [3.05, 3.63) is 23.3 Å². The lowest BCUT2D eigenvalue weighted by atomic mass is 9.80. The minimum absolute atomic E-state index is 0.0346. The monoisotopic (exact) mass is 380 g/mol. The molecule has 152 valence electrons. The molecule has 2 aliphatic heterocycles. The Labute approximate surface area is 161 Å². The van der Waals surface area contributed by atoms with Crippen molar-refractivity contribution in [1.29, 1.82) is 0 Å². The molecule has 6 atom stereocenters. The average Bonchev–Trinajstić information content (AvgIpc) is 3.24. The van der Waals surface area contributed by atoms with Gasteiger partial charge >= 0.3 is 5.97 Å². The standard InChI is InChI=1S/C21H32O6/c1-13-6-4-8-14(2)18(23)19-15(16(11-25-3)20(24)26-19)10-17-21(12-22,27-17)9-5-7-13/h7-8,15-19,22-23H,4-6,9-12H2,1-3H3/b13-7+,14-8+/t15-,16-,17-,18-,19-,21+/m0/s1. The van der Waals surface area contributed by atoms with E-state index in [1.807, 2.05) is 13.0 Å². The summed E-state index contributed by atoms with van der Waals surface area (Å²) >= 11 is 0. The van der Waals surface area contributed by atoms with Gasteiger partial charge in [-0.3, -0.25) is 4.79 Å². The van der Waals surface area contributed by atoms with Gasteiger partial charge in [0.1, 0.15) is 17.8 Å². The summed E-state index contributed by atoms with van der Waals surface area (Å²) in [6.45, 7) is 4.21. The van der Waals surface area contributed by atoms with Gasteiger partial charge in [0.05, 0.1) is 25.2 Å². The molecule has 0 aromatic heterocycles. The number of hydrogen-bond acceptors (Lipinski definition) is 6. The van der Waals surface area contributed by atoms with Gasteiger partial charge in [-0.1, -0.05) is 17.7 Å². The van der Waals surface area contributed by atoms with E-state index in [0.717, 1.165) is 31.3 Å².